The van der Waals surface area contributed by atoms with E-state index in [1.807, 2.05) is 24.3 Å². The van der Waals surface area contributed by atoms with Crippen molar-refractivity contribution in [2.45, 2.75) is 25.0 Å². The molecule has 0 fully saturated rings. The number of aromatic nitrogens is 1. The van der Waals surface area contributed by atoms with Crippen LogP contribution in [0.15, 0.2) is 58.2 Å². The van der Waals surface area contributed by atoms with Crippen LogP contribution >= 0.6 is 15.9 Å². The predicted molar refractivity (Wildman–Crippen MR) is 140 cm³/mol. The number of aromatic amines is 1. The number of benzene rings is 2. The Kier molecular flexibility index (Phi) is 7.87. The molecule has 37 heavy (non-hydrogen) atoms. The Morgan fingerprint density at radius 1 is 1.24 bits per heavy atom. The molecule has 0 radical (unpaired) electrons. The molecule has 11 nitrogen and oxygen atoms in total. The van der Waals surface area contributed by atoms with Crippen LogP contribution in [0.4, 0.5) is 0 Å². The van der Waals surface area contributed by atoms with Crippen molar-refractivity contribution in [3.63, 3.8) is 0 Å². The fourth-order valence-electron chi connectivity index (χ4n) is 3.88. The van der Waals surface area contributed by atoms with Gasteiger partial charge in [-0.05, 0) is 27.6 Å². The van der Waals surface area contributed by atoms with Gasteiger partial charge >= 0.3 is 5.97 Å². The van der Waals surface area contributed by atoms with E-state index in [2.05, 4.69) is 36.7 Å². The Labute approximate surface area is 220 Å². The predicted octanol–water partition coefficient (Wildman–Crippen LogP) is 2.19. The molecule has 12 heteroatoms. The molecule has 2 amide bonds. The van der Waals surface area contributed by atoms with Crippen LogP contribution < -0.4 is 16.4 Å². The van der Waals surface area contributed by atoms with Crippen molar-refractivity contribution >= 4 is 56.2 Å². The van der Waals surface area contributed by atoms with Gasteiger partial charge < -0.3 is 30.9 Å². The molecular formula is C25H25BrN6O5. The van der Waals surface area contributed by atoms with Crippen molar-refractivity contribution in [1.29, 1.82) is 5.41 Å². The van der Waals surface area contributed by atoms with Gasteiger partial charge in [0.25, 0.3) is 5.91 Å². The number of halogens is 1. The molecule has 1 aromatic heterocycles. The number of carbonyl (C=O) groups excluding carboxylic acids is 3. The average molecular weight is 569 g/mol. The first-order valence-corrected chi connectivity index (χ1v) is 12.1. The summed E-state index contributed by atoms with van der Waals surface area (Å²) in [5, 5.41) is 17.6. The second-order valence-corrected chi connectivity index (χ2v) is 9.17. The van der Waals surface area contributed by atoms with Crippen LogP contribution in [0.25, 0.3) is 10.9 Å². The molecule has 6 N–H and O–H groups in total. The van der Waals surface area contributed by atoms with E-state index in [4.69, 9.17) is 20.7 Å². The summed E-state index contributed by atoms with van der Waals surface area (Å²) in [6.07, 6.45) is -0.0530. The van der Waals surface area contributed by atoms with Crippen molar-refractivity contribution in [2.24, 2.45) is 10.9 Å². The third-order valence-electron chi connectivity index (χ3n) is 5.84. The third-order valence-corrected chi connectivity index (χ3v) is 6.66. The molecule has 4 rings (SSSR count). The van der Waals surface area contributed by atoms with E-state index in [1.165, 1.54) is 7.11 Å². The van der Waals surface area contributed by atoms with E-state index in [-0.39, 0.29) is 30.4 Å². The number of hydrogen-bond donors (Lipinski definition) is 5. The molecule has 1 aliphatic rings. The van der Waals surface area contributed by atoms with Crippen LogP contribution in [-0.2, 0) is 19.2 Å². The van der Waals surface area contributed by atoms with Crippen molar-refractivity contribution < 1.29 is 24.0 Å². The zero-order chi connectivity index (χ0) is 26.5. The maximum atomic E-state index is 12.9. The molecule has 0 spiro atoms. The van der Waals surface area contributed by atoms with Gasteiger partial charge in [0.1, 0.15) is 23.7 Å². The van der Waals surface area contributed by atoms with Gasteiger partial charge in [-0.25, -0.2) is 4.79 Å². The molecule has 3 aromatic rings. The van der Waals surface area contributed by atoms with Crippen LogP contribution in [0, 0.1) is 5.41 Å². The van der Waals surface area contributed by atoms with E-state index >= 15 is 0 Å². The number of amides is 2. The molecule has 1 aliphatic heterocycles. The molecule has 0 saturated heterocycles. The second-order valence-electron chi connectivity index (χ2n) is 8.38. The lowest BCUT2D eigenvalue weighted by molar-refractivity contribution is -0.142. The first-order chi connectivity index (χ1) is 17.8. The summed E-state index contributed by atoms with van der Waals surface area (Å²) in [6, 6.07) is 13.3. The van der Waals surface area contributed by atoms with Gasteiger partial charge in [0.15, 0.2) is 0 Å². The number of carbonyl (C=O) groups is 3. The minimum Gasteiger partial charge on any atom is -0.467 e. The van der Waals surface area contributed by atoms with Gasteiger partial charge in [-0.1, -0.05) is 47.6 Å². The Balaban J connectivity index is 1.31. The minimum absolute atomic E-state index is 0.00787. The highest BCUT2D eigenvalue weighted by molar-refractivity contribution is 9.10. The summed E-state index contributed by atoms with van der Waals surface area (Å²) in [6.45, 7) is -0.165. The van der Waals surface area contributed by atoms with Crippen LogP contribution in [0.5, 0.6) is 0 Å². The van der Waals surface area contributed by atoms with E-state index < -0.39 is 24.0 Å². The van der Waals surface area contributed by atoms with Crippen LogP contribution in [-0.4, -0.2) is 60.1 Å². The molecule has 0 bridgehead atoms. The number of nitrogens with zero attached hydrogens (tertiary/aromatic N) is 1. The normalized spacial score (nSPS) is 15.4. The number of methoxy groups -OCH3 is 1. The van der Waals surface area contributed by atoms with E-state index in [0.29, 0.717) is 22.2 Å². The number of rotatable bonds is 9. The third kappa shape index (κ3) is 5.97. The Morgan fingerprint density at radius 3 is 2.65 bits per heavy atom. The number of oxime groups is 1. The lowest BCUT2D eigenvalue weighted by Crippen LogP contribution is -2.49. The van der Waals surface area contributed by atoms with Crippen LogP contribution in [0.3, 0.4) is 0 Å². The number of hydrogen-bond acceptors (Lipinski definition) is 7. The quantitative estimate of drug-likeness (QED) is 0.150. The van der Waals surface area contributed by atoms with Gasteiger partial charge in [0.2, 0.25) is 5.91 Å². The standard InChI is InChI=1S/C25H25BrN6O5/c1-36-25(35)19(31-24(34)22-21(26)16-4-2-3-5-17(16)30-22)12-29-20(33)11-15-10-18(32-37-15)13-6-8-14(9-7-13)23(27)28/h2-9,15,19,30H,10-12H2,1H3,(H3,27,28)(H,29,33)(H,31,34). The molecule has 192 valence electrons. The minimum atomic E-state index is -1.10. The maximum Gasteiger partial charge on any atom is 0.330 e. The molecule has 2 aromatic carbocycles. The van der Waals surface area contributed by atoms with Gasteiger partial charge in [-0.3, -0.25) is 15.0 Å². The number of H-pyrrole nitrogens is 1. The van der Waals surface area contributed by atoms with Gasteiger partial charge in [-0.2, -0.15) is 0 Å². The average Bonchev–Trinajstić information content (AvgIpc) is 3.50. The highest BCUT2D eigenvalue weighted by atomic mass is 79.9. The summed E-state index contributed by atoms with van der Waals surface area (Å²) >= 11 is 3.42. The van der Waals surface area contributed by atoms with E-state index in [1.54, 1.807) is 24.3 Å². The van der Waals surface area contributed by atoms with Gasteiger partial charge in [-0.15, -0.1) is 0 Å². The van der Waals surface area contributed by atoms with Crippen molar-refractivity contribution in [3.05, 3.63) is 69.8 Å². The fraction of sp³-hybridized carbons (Fsp3) is 0.240. The number of nitrogens with two attached hydrogens (primary N) is 1. The number of fused-ring (bicyclic) bond motifs is 1. The molecule has 2 atom stereocenters. The maximum absolute atomic E-state index is 12.9. The SMILES string of the molecule is COC(=O)C(CNC(=O)CC1CC(c2ccc(C(=N)N)cc2)=NO1)NC(=O)c1[nH]c2ccccc2c1Br. The summed E-state index contributed by atoms with van der Waals surface area (Å²) in [5.74, 6) is -1.62. The number of ether oxygens (including phenoxy) is 1. The largest absolute Gasteiger partial charge is 0.467 e. The number of nitrogens with one attached hydrogen (secondary N) is 4. The summed E-state index contributed by atoms with van der Waals surface area (Å²) < 4.78 is 5.37. The van der Waals surface area contributed by atoms with E-state index in [0.717, 1.165) is 16.5 Å². The molecular weight excluding hydrogens is 544 g/mol. The molecule has 2 heterocycles. The fourth-order valence-corrected chi connectivity index (χ4v) is 4.50. The Morgan fingerprint density at radius 2 is 1.97 bits per heavy atom. The van der Waals surface area contributed by atoms with Gasteiger partial charge in [0.05, 0.1) is 23.7 Å². The topological polar surface area (TPSA) is 172 Å². The highest BCUT2D eigenvalue weighted by Gasteiger charge is 2.28. The smallest absolute Gasteiger partial charge is 0.330 e. The highest BCUT2D eigenvalue weighted by Crippen LogP contribution is 2.27. The van der Waals surface area contributed by atoms with Crippen molar-refractivity contribution in [2.75, 3.05) is 13.7 Å². The summed E-state index contributed by atoms with van der Waals surface area (Å²) in [4.78, 5) is 46.1. The zero-order valence-corrected chi connectivity index (χ0v) is 21.4. The Bertz CT molecular complexity index is 1380. The number of esters is 1. The van der Waals surface area contributed by atoms with Crippen molar-refractivity contribution in [1.82, 2.24) is 15.6 Å². The van der Waals surface area contributed by atoms with Crippen molar-refractivity contribution in [3.8, 4) is 0 Å². The zero-order valence-electron chi connectivity index (χ0n) is 19.8. The summed E-state index contributed by atoms with van der Waals surface area (Å²) in [5.41, 5.74) is 8.58. The van der Waals surface area contributed by atoms with Crippen LogP contribution in [0.2, 0.25) is 0 Å². The molecule has 0 saturated carbocycles. The van der Waals surface area contributed by atoms with E-state index in [9.17, 15) is 14.4 Å². The number of nitrogen functional groups attached to an aromatic ring is 1. The lowest BCUT2D eigenvalue weighted by Gasteiger charge is -2.17. The first kappa shape index (κ1) is 25.9. The number of para-hydroxylation sites is 1. The van der Waals surface area contributed by atoms with Gasteiger partial charge in [0, 0.05) is 29.4 Å². The molecule has 2 unspecified atom stereocenters. The summed E-state index contributed by atoms with van der Waals surface area (Å²) in [7, 11) is 1.20. The molecule has 0 aliphatic carbocycles. The number of amidine groups is 1. The second kappa shape index (κ2) is 11.2. The lowest BCUT2D eigenvalue weighted by atomic mass is 10.0. The Hall–Kier alpha value is -4.19. The van der Waals surface area contributed by atoms with Crippen LogP contribution in [0.1, 0.15) is 34.5 Å². The first-order valence-electron chi connectivity index (χ1n) is 11.4. The monoisotopic (exact) mass is 568 g/mol.